The third-order valence-electron chi connectivity index (χ3n) is 7.98. The van der Waals surface area contributed by atoms with Gasteiger partial charge in [-0.15, -0.1) is 0 Å². The molecule has 1 atom stereocenters. The molecular weight excluding hydrogens is 468 g/mol. The van der Waals surface area contributed by atoms with Crippen LogP contribution in [0.1, 0.15) is 194 Å². The summed E-state index contributed by atoms with van der Waals surface area (Å²) in [5, 5.41) is 11.4. The van der Waals surface area contributed by atoms with E-state index in [1.165, 1.54) is 167 Å². The average molecular weight is 540 g/mol. The summed E-state index contributed by atoms with van der Waals surface area (Å²) in [5.41, 5.74) is 0. The Morgan fingerprint density at radius 3 is 1.00 bits per heavy atom. The maximum atomic E-state index is 11.4. The van der Waals surface area contributed by atoms with Crippen molar-refractivity contribution >= 4 is 0 Å². The fourth-order valence-electron chi connectivity index (χ4n) is 5.30. The van der Waals surface area contributed by atoms with Crippen molar-refractivity contribution in [3.05, 3.63) is 0 Å². The van der Waals surface area contributed by atoms with Gasteiger partial charge >= 0.3 is 0 Å². The van der Waals surface area contributed by atoms with Crippen LogP contribution in [0.4, 0.5) is 0 Å². The molecule has 0 bridgehead atoms. The van der Waals surface area contributed by atoms with Gasteiger partial charge in [-0.1, -0.05) is 181 Å². The van der Waals surface area contributed by atoms with Crippen LogP contribution in [0.2, 0.25) is 0 Å². The molecule has 0 saturated carbocycles. The van der Waals surface area contributed by atoms with Gasteiger partial charge in [0, 0.05) is 13.2 Å². The zero-order valence-corrected chi connectivity index (χ0v) is 26.4. The van der Waals surface area contributed by atoms with E-state index in [0.29, 0.717) is 13.2 Å². The zero-order valence-electron chi connectivity index (χ0n) is 26.4. The summed E-state index contributed by atoms with van der Waals surface area (Å²) in [6.45, 7) is 6.35. The Morgan fingerprint density at radius 2 is 0.684 bits per heavy atom. The maximum absolute atomic E-state index is 11.4. The molecule has 1 unspecified atom stereocenters. The van der Waals surface area contributed by atoms with Crippen LogP contribution < -0.4 is 0 Å². The molecule has 38 heavy (non-hydrogen) atoms. The number of ether oxygens (including phenoxy) is 2. The summed E-state index contributed by atoms with van der Waals surface area (Å²) >= 11 is 0. The lowest BCUT2D eigenvalue weighted by molar-refractivity contribution is -0.0576. The molecule has 1 radical (unpaired) electrons. The standard InChI is InChI=1S/C35H71O3/c1-3-5-7-9-11-13-15-17-19-21-23-25-27-29-31-37-34-35(33-36)38-32-30-28-26-24-22-20-18-16-14-12-10-8-6-4-2/h35H,3-34H2,1-2H3. The first kappa shape index (κ1) is 37.9. The van der Waals surface area contributed by atoms with E-state index in [0.717, 1.165) is 19.4 Å². The van der Waals surface area contributed by atoms with Gasteiger partial charge in [0.1, 0.15) is 12.7 Å². The highest BCUT2D eigenvalue weighted by molar-refractivity contribution is 4.55. The largest absolute Gasteiger partial charge is 0.379 e. The third-order valence-corrected chi connectivity index (χ3v) is 7.98. The van der Waals surface area contributed by atoms with Gasteiger partial charge in [0.05, 0.1) is 6.61 Å². The maximum Gasteiger partial charge on any atom is 0.111 e. The van der Waals surface area contributed by atoms with Gasteiger partial charge in [-0.25, -0.2) is 5.11 Å². The first-order valence-electron chi connectivity index (χ1n) is 17.6. The lowest BCUT2D eigenvalue weighted by Gasteiger charge is -2.15. The molecule has 0 rings (SSSR count). The normalized spacial score (nSPS) is 12.4. The van der Waals surface area contributed by atoms with Gasteiger partial charge in [-0.3, -0.25) is 0 Å². The van der Waals surface area contributed by atoms with Gasteiger partial charge in [0.25, 0.3) is 0 Å². The molecule has 0 aromatic heterocycles. The number of unbranched alkanes of at least 4 members (excludes halogenated alkanes) is 26. The van der Waals surface area contributed by atoms with Gasteiger partial charge in [-0.2, -0.15) is 0 Å². The summed E-state index contributed by atoms with van der Waals surface area (Å²) < 4.78 is 11.5. The zero-order chi connectivity index (χ0) is 27.6. The number of hydrogen-bond donors (Lipinski definition) is 0. The first-order chi connectivity index (χ1) is 18.8. The molecular formula is C35H71O3. The van der Waals surface area contributed by atoms with Crippen molar-refractivity contribution in [3.63, 3.8) is 0 Å². The van der Waals surface area contributed by atoms with E-state index in [1.807, 2.05) is 0 Å². The Bertz CT molecular complexity index is 401. The van der Waals surface area contributed by atoms with Crippen molar-refractivity contribution in [2.24, 2.45) is 0 Å². The molecule has 0 fully saturated rings. The van der Waals surface area contributed by atoms with Crippen molar-refractivity contribution in [1.29, 1.82) is 0 Å². The Hall–Kier alpha value is -0.120. The van der Waals surface area contributed by atoms with Crippen LogP contribution in [-0.2, 0) is 14.6 Å². The second kappa shape index (κ2) is 34.9. The van der Waals surface area contributed by atoms with Crippen molar-refractivity contribution in [2.75, 3.05) is 26.4 Å². The van der Waals surface area contributed by atoms with Crippen LogP contribution in [-0.4, -0.2) is 32.5 Å². The molecule has 0 aliphatic rings. The highest BCUT2D eigenvalue weighted by atomic mass is 16.5. The Balaban J connectivity index is 3.25. The van der Waals surface area contributed by atoms with Crippen LogP contribution in [0.3, 0.4) is 0 Å². The minimum Gasteiger partial charge on any atom is -0.379 e. The smallest absolute Gasteiger partial charge is 0.111 e. The minimum atomic E-state index is -0.261. The lowest BCUT2D eigenvalue weighted by Crippen LogP contribution is -2.24. The van der Waals surface area contributed by atoms with Crippen LogP contribution in [0, 0.1) is 0 Å². The number of hydrogen-bond acceptors (Lipinski definition) is 2. The highest BCUT2D eigenvalue weighted by Crippen LogP contribution is 2.14. The SMILES string of the molecule is CCCCCCCCCCCCCCCCOCC(C[O])OCCCCCCCCCCCCCCCC. The summed E-state index contributed by atoms with van der Waals surface area (Å²) in [4.78, 5) is 0. The van der Waals surface area contributed by atoms with Crippen molar-refractivity contribution in [1.82, 2.24) is 0 Å². The lowest BCUT2D eigenvalue weighted by atomic mass is 10.0. The van der Waals surface area contributed by atoms with E-state index in [9.17, 15) is 5.11 Å². The van der Waals surface area contributed by atoms with Gasteiger partial charge in [-0.05, 0) is 12.8 Å². The molecule has 0 aliphatic heterocycles. The predicted molar refractivity (Wildman–Crippen MR) is 167 cm³/mol. The molecule has 3 heteroatoms. The van der Waals surface area contributed by atoms with Crippen LogP contribution in [0.25, 0.3) is 0 Å². The van der Waals surface area contributed by atoms with E-state index >= 15 is 0 Å². The van der Waals surface area contributed by atoms with E-state index in [4.69, 9.17) is 9.47 Å². The summed E-state index contributed by atoms with van der Waals surface area (Å²) in [5.74, 6) is 0. The van der Waals surface area contributed by atoms with Crippen molar-refractivity contribution in [3.8, 4) is 0 Å². The average Bonchev–Trinajstić information content (AvgIpc) is 2.93. The highest BCUT2D eigenvalue weighted by Gasteiger charge is 2.08. The van der Waals surface area contributed by atoms with Gasteiger partial charge in [0.2, 0.25) is 0 Å². The Kier molecular flexibility index (Phi) is 34.8. The number of rotatable bonds is 34. The molecule has 229 valence electrons. The molecule has 0 N–H and O–H groups in total. The van der Waals surface area contributed by atoms with E-state index < -0.39 is 0 Å². The van der Waals surface area contributed by atoms with Crippen LogP contribution >= 0.6 is 0 Å². The van der Waals surface area contributed by atoms with E-state index in [-0.39, 0.29) is 12.7 Å². The summed E-state index contributed by atoms with van der Waals surface area (Å²) in [6, 6.07) is 0. The molecule has 0 aromatic carbocycles. The molecule has 0 heterocycles. The third kappa shape index (κ3) is 32.1. The summed E-state index contributed by atoms with van der Waals surface area (Å²) in [7, 11) is 0. The van der Waals surface area contributed by atoms with E-state index in [2.05, 4.69) is 13.8 Å². The molecule has 0 amide bonds. The predicted octanol–water partition coefficient (Wildman–Crippen LogP) is 11.8. The topological polar surface area (TPSA) is 38.4 Å². The Morgan fingerprint density at radius 1 is 0.395 bits per heavy atom. The molecule has 0 spiro atoms. The van der Waals surface area contributed by atoms with Crippen molar-refractivity contribution < 1.29 is 14.6 Å². The van der Waals surface area contributed by atoms with Gasteiger partial charge in [0.15, 0.2) is 0 Å². The minimum absolute atomic E-state index is 0.183. The second-order valence-electron chi connectivity index (χ2n) is 11.9. The second-order valence-corrected chi connectivity index (χ2v) is 11.9. The Labute approximate surface area is 240 Å². The molecule has 0 saturated heterocycles. The quantitative estimate of drug-likeness (QED) is 0.0762. The van der Waals surface area contributed by atoms with Crippen LogP contribution in [0.15, 0.2) is 0 Å². The van der Waals surface area contributed by atoms with Gasteiger partial charge < -0.3 is 9.47 Å². The molecule has 0 aliphatic carbocycles. The first-order valence-corrected chi connectivity index (χ1v) is 17.6. The molecule has 3 nitrogen and oxygen atoms in total. The fourth-order valence-corrected chi connectivity index (χ4v) is 5.30. The fraction of sp³-hybridized carbons (Fsp3) is 1.00. The monoisotopic (exact) mass is 540 g/mol. The van der Waals surface area contributed by atoms with Crippen LogP contribution in [0.5, 0.6) is 0 Å². The van der Waals surface area contributed by atoms with E-state index in [1.54, 1.807) is 0 Å². The van der Waals surface area contributed by atoms with Crippen molar-refractivity contribution in [2.45, 2.75) is 200 Å². The summed E-state index contributed by atoms with van der Waals surface area (Å²) in [6.07, 6.45) is 38.1. The molecule has 0 aromatic rings.